The Morgan fingerprint density at radius 2 is 1.79 bits per heavy atom. The van der Waals surface area contributed by atoms with Crippen molar-refractivity contribution in [1.82, 2.24) is 4.90 Å². The van der Waals surface area contributed by atoms with Crippen molar-refractivity contribution >= 4 is 5.91 Å². The number of hydrogen-bond acceptors (Lipinski definition) is 3. The van der Waals surface area contributed by atoms with Crippen molar-refractivity contribution in [2.75, 3.05) is 26.3 Å². The van der Waals surface area contributed by atoms with Crippen molar-refractivity contribution in [2.24, 2.45) is 5.73 Å². The topological polar surface area (TPSA) is 55.6 Å². The van der Waals surface area contributed by atoms with Crippen molar-refractivity contribution < 1.29 is 22.7 Å². The van der Waals surface area contributed by atoms with Crippen LogP contribution >= 0.6 is 0 Å². The van der Waals surface area contributed by atoms with E-state index >= 15 is 0 Å². The SMILES string of the molecule is N[C@H]1CC(C(=O)N2CCOCC2)=CC[C@@H]1c1cc(F)c(F)cc1F. The first-order valence-corrected chi connectivity index (χ1v) is 7.93. The standard InChI is InChI=1S/C17H19F3N2O2/c18-13-9-15(20)14(19)8-12(13)11-2-1-10(7-16(11)21)17(23)22-3-5-24-6-4-22/h1,8-9,11,16H,2-7,21H2/t11-,16+/m1/s1. The highest BCUT2D eigenvalue weighted by Gasteiger charge is 2.31. The average Bonchev–Trinajstić information content (AvgIpc) is 2.58. The van der Waals surface area contributed by atoms with Crippen molar-refractivity contribution in [2.45, 2.75) is 24.8 Å². The quantitative estimate of drug-likeness (QED) is 0.839. The maximum atomic E-state index is 14.0. The highest BCUT2D eigenvalue weighted by Crippen LogP contribution is 2.34. The summed E-state index contributed by atoms with van der Waals surface area (Å²) in [6.45, 7) is 2.08. The summed E-state index contributed by atoms with van der Waals surface area (Å²) in [5.74, 6) is -3.71. The number of ether oxygens (including phenoxy) is 1. The van der Waals surface area contributed by atoms with Gasteiger partial charge in [-0.1, -0.05) is 6.08 Å². The lowest BCUT2D eigenvalue weighted by Gasteiger charge is -2.32. The van der Waals surface area contributed by atoms with Gasteiger partial charge in [-0.2, -0.15) is 0 Å². The normalized spacial score (nSPS) is 24.7. The van der Waals surface area contributed by atoms with E-state index in [1.165, 1.54) is 0 Å². The van der Waals surface area contributed by atoms with Crippen LogP contribution in [0.5, 0.6) is 0 Å². The van der Waals surface area contributed by atoms with Gasteiger partial charge in [0, 0.05) is 36.7 Å². The fraction of sp³-hybridized carbons (Fsp3) is 0.471. The van der Waals surface area contributed by atoms with Crippen LogP contribution in [0.1, 0.15) is 24.3 Å². The highest BCUT2D eigenvalue weighted by molar-refractivity contribution is 5.93. The second kappa shape index (κ2) is 6.94. The molecule has 1 saturated heterocycles. The number of nitrogens with two attached hydrogens (primary N) is 1. The van der Waals surface area contributed by atoms with Crippen LogP contribution < -0.4 is 5.73 Å². The second-order valence-electron chi connectivity index (χ2n) is 6.13. The largest absolute Gasteiger partial charge is 0.378 e. The third kappa shape index (κ3) is 3.32. The van der Waals surface area contributed by atoms with Gasteiger partial charge >= 0.3 is 0 Å². The molecule has 2 N–H and O–H groups in total. The number of nitrogens with zero attached hydrogens (tertiary/aromatic N) is 1. The lowest BCUT2D eigenvalue weighted by molar-refractivity contribution is -0.131. The van der Waals surface area contributed by atoms with Crippen LogP contribution in [-0.2, 0) is 9.53 Å². The summed E-state index contributed by atoms with van der Waals surface area (Å²) in [5, 5.41) is 0. The minimum atomic E-state index is -1.22. The first kappa shape index (κ1) is 17.0. The molecular weight excluding hydrogens is 321 g/mol. The molecule has 0 bridgehead atoms. The van der Waals surface area contributed by atoms with Gasteiger partial charge in [-0.25, -0.2) is 13.2 Å². The van der Waals surface area contributed by atoms with Crippen LogP contribution in [0, 0.1) is 17.5 Å². The third-order valence-electron chi connectivity index (χ3n) is 4.60. The lowest BCUT2D eigenvalue weighted by atomic mass is 9.80. The summed E-state index contributed by atoms with van der Waals surface area (Å²) in [6, 6.07) is 0.863. The van der Waals surface area contributed by atoms with Gasteiger partial charge in [0.2, 0.25) is 5.91 Å². The molecule has 1 amide bonds. The van der Waals surface area contributed by atoms with Gasteiger partial charge in [-0.05, 0) is 24.5 Å². The number of carbonyl (C=O) groups is 1. The smallest absolute Gasteiger partial charge is 0.249 e. The first-order valence-electron chi connectivity index (χ1n) is 7.93. The lowest BCUT2D eigenvalue weighted by Crippen LogP contribution is -2.43. The number of amides is 1. The molecule has 3 rings (SSSR count). The number of hydrogen-bond donors (Lipinski definition) is 1. The highest BCUT2D eigenvalue weighted by atomic mass is 19.2. The van der Waals surface area contributed by atoms with Gasteiger partial charge in [0.1, 0.15) is 5.82 Å². The van der Waals surface area contributed by atoms with Gasteiger partial charge < -0.3 is 15.4 Å². The molecule has 1 aliphatic carbocycles. The maximum absolute atomic E-state index is 14.0. The zero-order valence-corrected chi connectivity index (χ0v) is 13.1. The summed E-state index contributed by atoms with van der Waals surface area (Å²) >= 11 is 0. The Morgan fingerprint density at radius 1 is 1.12 bits per heavy atom. The Kier molecular flexibility index (Phi) is 4.91. The number of rotatable bonds is 2. The minimum absolute atomic E-state index is 0.0514. The molecule has 0 saturated carbocycles. The molecule has 1 aromatic rings. The maximum Gasteiger partial charge on any atom is 0.249 e. The van der Waals surface area contributed by atoms with Crippen LogP contribution in [0.3, 0.4) is 0 Å². The summed E-state index contributed by atoms with van der Waals surface area (Å²) in [7, 11) is 0. The zero-order valence-electron chi connectivity index (χ0n) is 13.1. The van der Waals surface area contributed by atoms with Gasteiger partial charge in [-0.15, -0.1) is 0 Å². The molecule has 7 heteroatoms. The molecule has 1 aliphatic heterocycles. The third-order valence-corrected chi connectivity index (χ3v) is 4.60. The number of halogens is 3. The van der Waals surface area contributed by atoms with Gasteiger partial charge in [0.05, 0.1) is 13.2 Å². The number of morpholine rings is 1. The second-order valence-corrected chi connectivity index (χ2v) is 6.13. The van der Waals surface area contributed by atoms with E-state index in [9.17, 15) is 18.0 Å². The van der Waals surface area contributed by atoms with Gasteiger partial charge in [0.15, 0.2) is 11.6 Å². The minimum Gasteiger partial charge on any atom is -0.378 e. The fourth-order valence-corrected chi connectivity index (χ4v) is 3.25. The van der Waals surface area contributed by atoms with Crippen LogP contribution in [0.25, 0.3) is 0 Å². The molecule has 0 spiro atoms. The molecule has 0 radical (unpaired) electrons. The number of carbonyl (C=O) groups excluding carboxylic acids is 1. The first-order chi connectivity index (χ1) is 11.5. The monoisotopic (exact) mass is 340 g/mol. The predicted octanol–water partition coefficient (Wildman–Crippen LogP) is 2.09. The van der Waals surface area contributed by atoms with E-state index in [4.69, 9.17) is 10.5 Å². The fourth-order valence-electron chi connectivity index (χ4n) is 3.25. The van der Waals surface area contributed by atoms with Crippen LogP contribution in [0.15, 0.2) is 23.8 Å². The van der Waals surface area contributed by atoms with E-state index in [1.54, 1.807) is 11.0 Å². The molecule has 4 nitrogen and oxygen atoms in total. The van der Waals surface area contributed by atoms with E-state index in [2.05, 4.69) is 0 Å². The predicted molar refractivity (Wildman–Crippen MR) is 81.7 cm³/mol. The molecule has 24 heavy (non-hydrogen) atoms. The molecule has 2 atom stereocenters. The van der Waals surface area contributed by atoms with Crippen molar-refractivity contribution in [3.05, 3.63) is 46.8 Å². The molecule has 0 unspecified atom stereocenters. The van der Waals surface area contributed by atoms with Crippen molar-refractivity contribution in [1.29, 1.82) is 0 Å². The summed E-state index contributed by atoms with van der Waals surface area (Å²) < 4.78 is 45.7. The van der Waals surface area contributed by atoms with E-state index in [0.717, 1.165) is 6.07 Å². The molecule has 1 fully saturated rings. The summed E-state index contributed by atoms with van der Waals surface area (Å²) in [5.41, 5.74) is 6.74. The molecule has 0 aromatic heterocycles. The molecule has 1 aromatic carbocycles. The summed E-state index contributed by atoms with van der Waals surface area (Å²) in [6.07, 6.45) is 2.32. The van der Waals surface area contributed by atoms with E-state index < -0.39 is 29.4 Å². The Morgan fingerprint density at radius 3 is 2.46 bits per heavy atom. The zero-order chi connectivity index (χ0) is 17.3. The number of benzene rings is 1. The van der Waals surface area contributed by atoms with Gasteiger partial charge in [0.25, 0.3) is 0 Å². The molecular formula is C17H19F3N2O2. The van der Waals surface area contributed by atoms with Crippen LogP contribution in [0.2, 0.25) is 0 Å². The van der Waals surface area contributed by atoms with E-state index in [1.807, 2.05) is 0 Å². The Balaban J connectivity index is 1.77. The Hall–Kier alpha value is -1.86. The molecule has 130 valence electrons. The van der Waals surface area contributed by atoms with Gasteiger partial charge in [-0.3, -0.25) is 4.79 Å². The molecule has 1 heterocycles. The van der Waals surface area contributed by atoms with Crippen LogP contribution in [0.4, 0.5) is 13.2 Å². The Labute approximate surface area is 138 Å². The average molecular weight is 340 g/mol. The van der Waals surface area contributed by atoms with E-state index in [-0.39, 0.29) is 17.9 Å². The molecule has 2 aliphatic rings. The van der Waals surface area contributed by atoms with Crippen molar-refractivity contribution in [3.63, 3.8) is 0 Å². The Bertz CT molecular complexity index is 672. The summed E-state index contributed by atoms with van der Waals surface area (Å²) in [4.78, 5) is 14.2. The number of allylic oxidation sites excluding steroid dienone is 1. The van der Waals surface area contributed by atoms with Crippen LogP contribution in [-0.4, -0.2) is 43.2 Å². The van der Waals surface area contributed by atoms with Crippen molar-refractivity contribution in [3.8, 4) is 0 Å². The van der Waals surface area contributed by atoms with E-state index in [0.29, 0.717) is 44.4 Å².